The van der Waals surface area contributed by atoms with E-state index in [9.17, 15) is 4.79 Å². The Labute approximate surface area is 205 Å². The van der Waals surface area contributed by atoms with Crippen molar-refractivity contribution < 1.29 is 14.3 Å². The van der Waals surface area contributed by atoms with E-state index in [1.54, 1.807) is 30.3 Å². The van der Waals surface area contributed by atoms with Gasteiger partial charge in [0.15, 0.2) is 0 Å². The van der Waals surface area contributed by atoms with Crippen LogP contribution in [0.25, 0.3) is 11.1 Å². The van der Waals surface area contributed by atoms with Crippen molar-refractivity contribution in [2.45, 2.75) is 20.5 Å². The normalized spacial score (nSPS) is 10.6. The highest BCUT2D eigenvalue weighted by atomic mass is 35.5. The van der Waals surface area contributed by atoms with Gasteiger partial charge in [-0.15, -0.1) is 0 Å². The molecule has 34 heavy (non-hydrogen) atoms. The Balaban J connectivity index is 1.49. The largest absolute Gasteiger partial charge is 0.493 e. The lowest BCUT2D eigenvalue weighted by Gasteiger charge is -2.14. The number of benzene rings is 4. The van der Waals surface area contributed by atoms with Gasteiger partial charge in [-0.25, -0.2) is 0 Å². The van der Waals surface area contributed by atoms with Gasteiger partial charge in [-0.3, -0.25) is 4.79 Å². The Morgan fingerprint density at radius 3 is 2.32 bits per heavy atom. The zero-order chi connectivity index (χ0) is 23.9. The van der Waals surface area contributed by atoms with E-state index in [0.717, 1.165) is 28.0 Å². The van der Waals surface area contributed by atoms with Crippen LogP contribution < -0.4 is 14.8 Å². The molecule has 4 aromatic rings. The molecule has 0 bridgehead atoms. The monoisotopic (exact) mass is 471 g/mol. The number of amides is 1. The fraction of sp³-hybridized carbons (Fsp3) is 0.138. The summed E-state index contributed by atoms with van der Waals surface area (Å²) in [6.45, 7) is 4.64. The van der Waals surface area contributed by atoms with Crippen LogP contribution in [-0.4, -0.2) is 12.5 Å². The molecule has 172 valence electrons. The first kappa shape index (κ1) is 23.4. The van der Waals surface area contributed by atoms with Crippen molar-refractivity contribution in [1.29, 1.82) is 0 Å². The van der Waals surface area contributed by atoms with Crippen LogP contribution in [0.5, 0.6) is 11.5 Å². The van der Waals surface area contributed by atoms with E-state index >= 15 is 0 Å². The predicted molar refractivity (Wildman–Crippen MR) is 138 cm³/mol. The summed E-state index contributed by atoms with van der Waals surface area (Å²) in [7, 11) is 0. The van der Waals surface area contributed by atoms with Gasteiger partial charge in [-0.1, -0.05) is 60.1 Å². The van der Waals surface area contributed by atoms with Gasteiger partial charge in [-0.2, -0.15) is 0 Å². The quantitative estimate of drug-likeness (QED) is 0.288. The molecule has 1 amide bonds. The highest BCUT2D eigenvalue weighted by Gasteiger charge is 2.13. The summed E-state index contributed by atoms with van der Waals surface area (Å²) in [5.41, 5.74) is 5.21. The van der Waals surface area contributed by atoms with Crippen molar-refractivity contribution in [2.24, 2.45) is 0 Å². The first-order valence-corrected chi connectivity index (χ1v) is 11.5. The van der Waals surface area contributed by atoms with E-state index in [0.29, 0.717) is 28.6 Å². The fourth-order valence-electron chi connectivity index (χ4n) is 3.59. The van der Waals surface area contributed by atoms with Gasteiger partial charge in [0.2, 0.25) is 0 Å². The molecule has 0 aliphatic rings. The Morgan fingerprint density at radius 1 is 0.853 bits per heavy atom. The number of ether oxygens (including phenoxy) is 2. The van der Waals surface area contributed by atoms with Crippen molar-refractivity contribution >= 4 is 23.2 Å². The number of carbonyl (C=O) groups excluding carboxylic acids is 1. The van der Waals surface area contributed by atoms with Crippen molar-refractivity contribution in [3.8, 4) is 22.6 Å². The second kappa shape index (κ2) is 10.9. The average Bonchev–Trinajstić information content (AvgIpc) is 2.86. The number of hydrogen-bond donors (Lipinski definition) is 1. The number of anilines is 1. The summed E-state index contributed by atoms with van der Waals surface area (Å²) < 4.78 is 11.8. The number of rotatable bonds is 8. The van der Waals surface area contributed by atoms with Gasteiger partial charge >= 0.3 is 0 Å². The minimum absolute atomic E-state index is 0.220. The molecule has 0 aliphatic carbocycles. The SMILES string of the molecule is CCOc1ccc(C(=O)Nc2cc(Cl)ccc2C)cc1COc1ccc(-c2ccccc2)cc1. The highest BCUT2D eigenvalue weighted by molar-refractivity contribution is 6.31. The van der Waals surface area contributed by atoms with Crippen molar-refractivity contribution in [2.75, 3.05) is 11.9 Å². The molecule has 0 aliphatic heterocycles. The summed E-state index contributed by atoms with van der Waals surface area (Å²) >= 11 is 6.09. The molecular formula is C29H26ClNO3. The molecule has 5 heteroatoms. The lowest BCUT2D eigenvalue weighted by molar-refractivity contribution is 0.102. The molecule has 0 aromatic heterocycles. The van der Waals surface area contributed by atoms with E-state index in [1.165, 1.54) is 0 Å². The molecule has 0 saturated carbocycles. The van der Waals surface area contributed by atoms with Gasteiger partial charge in [0.25, 0.3) is 5.91 Å². The lowest BCUT2D eigenvalue weighted by Crippen LogP contribution is -2.14. The highest BCUT2D eigenvalue weighted by Crippen LogP contribution is 2.26. The summed E-state index contributed by atoms with van der Waals surface area (Å²) in [6.07, 6.45) is 0. The number of carbonyl (C=O) groups is 1. The van der Waals surface area contributed by atoms with Gasteiger partial charge in [0.1, 0.15) is 18.1 Å². The van der Waals surface area contributed by atoms with Crippen LogP contribution >= 0.6 is 11.6 Å². The molecule has 0 spiro atoms. The van der Waals surface area contributed by atoms with E-state index in [2.05, 4.69) is 17.4 Å². The topological polar surface area (TPSA) is 47.6 Å². The van der Waals surface area contributed by atoms with Crippen molar-refractivity contribution in [1.82, 2.24) is 0 Å². The number of aryl methyl sites for hydroxylation is 1. The summed E-state index contributed by atoms with van der Waals surface area (Å²) in [5.74, 6) is 1.22. The maximum atomic E-state index is 12.9. The number of hydrogen-bond acceptors (Lipinski definition) is 3. The zero-order valence-electron chi connectivity index (χ0n) is 19.2. The Hall–Kier alpha value is -3.76. The van der Waals surface area contributed by atoms with E-state index in [4.69, 9.17) is 21.1 Å². The Bertz CT molecular complexity index is 1270. The summed E-state index contributed by atoms with van der Waals surface area (Å²) in [5, 5.41) is 3.51. The number of halogens is 1. The van der Waals surface area contributed by atoms with Crippen LogP contribution in [0.15, 0.2) is 91.0 Å². The molecule has 0 atom stereocenters. The molecule has 4 nitrogen and oxygen atoms in total. The Kier molecular flexibility index (Phi) is 7.51. The standard InChI is InChI=1S/C29H26ClNO3/c1-3-33-28-16-12-23(29(32)31-27-18-25(30)13-9-20(27)2)17-24(28)19-34-26-14-10-22(11-15-26)21-7-5-4-6-8-21/h4-18H,3,19H2,1-2H3,(H,31,32). The minimum atomic E-state index is -0.220. The molecule has 0 heterocycles. The minimum Gasteiger partial charge on any atom is -0.493 e. The second-order valence-corrected chi connectivity index (χ2v) is 8.28. The molecule has 0 fully saturated rings. The first-order chi connectivity index (χ1) is 16.5. The van der Waals surface area contributed by atoms with Crippen LogP contribution in [0, 0.1) is 6.92 Å². The Morgan fingerprint density at radius 2 is 1.59 bits per heavy atom. The van der Waals surface area contributed by atoms with E-state index in [-0.39, 0.29) is 12.5 Å². The molecule has 0 unspecified atom stereocenters. The maximum absolute atomic E-state index is 12.9. The maximum Gasteiger partial charge on any atom is 0.255 e. The zero-order valence-corrected chi connectivity index (χ0v) is 19.9. The van der Waals surface area contributed by atoms with E-state index in [1.807, 2.05) is 62.4 Å². The molecule has 1 N–H and O–H groups in total. The average molecular weight is 472 g/mol. The van der Waals surface area contributed by atoms with Crippen LogP contribution in [0.1, 0.15) is 28.4 Å². The summed E-state index contributed by atoms with van der Waals surface area (Å²) in [4.78, 5) is 12.9. The second-order valence-electron chi connectivity index (χ2n) is 7.85. The first-order valence-electron chi connectivity index (χ1n) is 11.1. The molecular weight excluding hydrogens is 446 g/mol. The summed E-state index contributed by atoms with van der Waals surface area (Å²) in [6, 6.07) is 28.9. The van der Waals surface area contributed by atoms with Crippen LogP contribution in [-0.2, 0) is 6.61 Å². The third-order valence-corrected chi connectivity index (χ3v) is 5.66. The van der Waals surface area contributed by atoms with Gasteiger partial charge in [0.05, 0.1) is 6.61 Å². The van der Waals surface area contributed by atoms with Crippen molar-refractivity contribution in [3.05, 3.63) is 113 Å². The smallest absolute Gasteiger partial charge is 0.255 e. The van der Waals surface area contributed by atoms with Gasteiger partial charge in [0, 0.05) is 21.8 Å². The van der Waals surface area contributed by atoms with Crippen LogP contribution in [0.3, 0.4) is 0 Å². The fourth-order valence-corrected chi connectivity index (χ4v) is 3.76. The van der Waals surface area contributed by atoms with Crippen molar-refractivity contribution in [3.63, 3.8) is 0 Å². The molecule has 4 rings (SSSR count). The van der Waals surface area contributed by atoms with Gasteiger partial charge < -0.3 is 14.8 Å². The third kappa shape index (κ3) is 5.77. The van der Waals surface area contributed by atoms with Crippen LogP contribution in [0.2, 0.25) is 5.02 Å². The predicted octanol–water partition coefficient (Wildman–Crippen LogP) is 7.55. The van der Waals surface area contributed by atoms with E-state index < -0.39 is 0 Å². The lowest BCUT2D eigenvalue weighted by atomic mass is 10.1. The molecule has 0 saturated heterocycles. The molecule has 0 radical (unpaired) electrons. The van der Waals surface area contributed by atoms with Crippen LogP contribution in [0.4, 0.5) is 5.69 Å². The third-order valence-electron chi connectivity index (χ3n) is 5.43. The molecule has 4 aromatic carbocycles. The van der Waals surface area contributed by atoms with Gasteiger partial charge in [-0.05, 0) is 73.0 Å². The number of nitrogens with one attached hydrogen (secondary N) is 1.